The summed E-state index contributed by atoms with van der Waals surface area (Å²) in [6, 6.07) is 7.55. The Morgan fingerprint density at radius 3 is 2.67 bits per heavy atom. The van der Waals surface area contributed by atoms with Gasteiger partial charge in [-0.15, -0.1) is 11.3 Å². The highest BCUT2D eigenvalue weighted by Crippen LogP contribution is 2.36. The number of nitrogen functional groups attached to an aromatic ring is 1. The van der Waals surface area contributed by atoms with Crippen molar-refractivity contribution in [2.45, 2.75) is 0 Å². The van der Waals surface area contributed by atoms with Crippen molar-refractivity contribution in [3.05, 3.63) is 34.7 Å². The lowest BCUT2D eigenvalue weighted by molar-refractivity contribution is 0.417. The van der Waals surface area contributed by atoms with Gasteiger partial charge >= 0.3 is 0 Å². The smallest absolute Gasteiger partial charge is 0.141 e. The molecule has 0 aliphatic heterocycles. The fraction of sp³-hybridized carbons (Fsp3) is 0.0909. The number of methoxy groups -OCH3 is 1. The van der Waals surface area contributed by atoms with Crippen LogP contribution in [0.2, 0.25) is 5.02 Å². The molecule has 0 bridgehead atoms. The third kappa shape index (κ3) is 1.94. The molecule has 0 unspecified atom stereocenters. The fourth-order valence-corrected chi connectivity index (χ4v) is 2.54. The predicted molar refractivity (Wildman–Crippen MR) is 65.7 cm³/mol. The molecule has 1 aromatic carbocycles. The normalized spacial score (nSPS) is 10.3. The summed E-state index contributed by atoms with van der Waals surface area (Å²) >= 11 is 7.64. The Hall–Kier alpha value is -1.19. The Balaban J connectivity index is 2.47. The van der Waals surface area contributed by atoms with E-state index in [0.29, 0.717) is 11.4 Å². The van der Waals surface area contributed by atoms with E-state index in [9.17, 15) is 0 Å². The maximum absolute atomic E-state index is 6.04. The predicted octanol–water partition coefficient (Wildman–Crippen LogP) is 3.66. The summed E-state index contributed by atoms with van der Waals surface area (Å²) in [5.41, 5.74) is 7.47. The van der Waals surface area contributed by atoms with Gasteiger partial charge in [-0.3, -0.25) is 0 Å². The van der Waals surface area contributed by atoms with E-state index < -0.39 is 0 Å². The van der Waals surface area contributed by atoms with Gasteiger partial charge in [0.25, 0.3) is 0 Å². The van der Waals surface area contributed by atoms with Crippen LogP contribution in [0.3, 0.4) is 0 Å². The molecule has 2 N–H and O–H groups in total. The quantitative estimate of drug-likeness (QED) is 0.812. The molecule has 0 aliphatic rings. The second kappa shape index (κ2) is 4.13. The molecule has 2 rings (SSSR count). The van der Waals surface area contributed by atoms with Crippen LogP contribution in [-0.4, -0.2) is 7.11 Å². The molecule has 0 amide bonds. The van der Waals surface area contributed by atoms with Gasteiger partial charge in [0.2, 0.25) is 0 Å². The van der Waals surface area contributed by atoms with Crippen molar-refractivity contribution >= 4 is 28.6 Å². The van der Waals surface area contributed by atoms with E-state index in [1.54, 1.807) is 18.4 Å². The lowest BCUT2D eigenvalue weighted by atomic mass is 10.1. The molecule has 15 heavy (non-hydrogen) atoms. The summed E-state index contributed by atoms with van der Waals surface area (Å²) in [5.74, 6) is 0.687. The molecule has 0 aliphatic carbocycles. The lowest BCUT2D eigenvalue weighted by Crippen LogP contribution is -1.92. The number of nitrogens with two attached hydrogens (primary N) is 1. The molecule has 0 radical (unpaired) electrons. The van der Waals surface area contributed by atoms with E-state index in [-0.39, 0.29) is 0 Å². The third-order valence-corrected chi connectivity index (χ3v) is 3.50. The average Bonchev–Trinajstić information content (AvgIpc) is 2.64. The van der Waals surface area contributed by atoms with E-state index >= 15 is 0 Å². The van der Waals surface area contributed by atoms with Crippen LogP contribution in [0.1, 0.15) is 0 Å². The van der Waals surface area contributed by atoms with E-state index in [1.165, 1.54) is 0 Å². The number of rotatable bonds is 2. The number of halogens is 1. The van der Waals surface area contributed by atoms with Gasteiger partial charge in [-0.25, -0.2) is 0 Å². The van der Waals surface area contributed by atoms with E-state index in [1.807, 2.05) is 29.6 Å². The Kier molecular flexibility index (Phi) is 2.84. The monoisotopic (exact) mass is 239 g/mol. The molecule has 0 spiro atoms. The van der Waals surface area contributed by atoms with E-state index in [0.717, 1.165) is 15.5 Å². The maximum atomic E-state index is 6.04. The van der Waals surface area contributed by atoms with Crippen LogP contribution in [0.4, 0.5) is 5.69 Å². The number of hydrogen-bond donors (Lipinski definition) is 1. The highest BCUT2D eigenvalue weighted by molar-refractivity contribution is 7.14. The summed E-state index contributed by atoms with van der Waals surface area (Å²) in [6.07, 6.45) is 0. The van der Waals surface area contributed by atoms with Crippen molar-refractivity contribution in [1.82, 2.24) is 0 Å². The Bertz CT molecular complexity index is 481. The molecule has 4 heteroatoms. The molecule has 0 saturated carbocycles. The molecule has 2 aromatic rings. The fourth-order valence-electron chi connectivity index (χ4n) is 1.38. The second-order valence-electron chi connectivity index (χ2n) is 3.05. The zero-order valence-electron chi connectivity index (χ0n) is 8.16. The van der Waals surface area contributed by atoms with Crippen LogP contribution in [-0.2, 0) is 0 Å². The van der Waals surface area contributed by atoms with Crippen LogP contribution in [0.5, 0.6) is 5.75 Å². The van der Waals surface area contributed by atoms with E-state index in [2.05, 4.69) is 0 Å². The average molecular weight is 240 g/mol. The maximum Gasteiger partial charge on any atom is 0.141 e. The SMILES string of the molecule is COc1ccc(-c2sccc2Cl)cc1N. The molecule has 0 fully saturated rings. The summed E-state index contributed by atoms with van der Waals surface area (Å²) in [6.45, 7) is 0. The van der Waals surface area contributed by atoms with Crippen molar-refractivity contribution in [2.24, 2.45) is 0 Å². The first kappa shape index (κ1) is 10.3. The van der Waals surface area contributed by atoms with Gasteiger partial charge in [-0.05, 0) is 35.2 Å². The van der Waals surface area contributed by atoms with Crippen LogP contribution >= 0.6 is 22.9 Å². The molecule has 1 aromatic heterocycles. The molecule has 0 saturated heterocycles. The minimum atomic E-state index is 0.625. The zero-order valence-corrected chi connectivity index (χ0v) is 9.73. The van der Waals surface area contributed by atoms with Gasteiger partial charge in [0.05, 0.1) is 22.7 Å². The highest BCUT2D eigenvalue weighted by Gasteiger charge is 2.07. The third-order valence-electron chi connectivity index (χ3n) is 2.11. The van der Waals surface area contributed by atoms with Gasteiger partial charge in [0.15, 0.2) is 0 Å². The van der Waals surface area contributed by atoms with E-state index in [4.69, 9.17) is 22.1 Å². The minimum Gasteiger partial charge on any atom is -0.495 e. The first-order valence-electron chi connectivity index (χ1n) is 4.39. The van der Waals surface area contributed by atoms with Crippen LogP contribution in [0.15, 0.2) is 29.6 Å². The summed E-state index contributed by atoms with van der Waals surface area (Å²) < 4.78 is 5.09. The van der Waals surface area contributed by atoms with Crippen LogP contribution in [0.25, 0.3) is 10.4 Å². The summed E-state index contributed by atoms with van der Waals surface area (Å²) in [7, 11) is 1.60. The Labute approximate surface area is 97.3 Å². The van der Waals surface area contributed by atoms with Gasteiger partial charge < -0.3 is 10.5 Å². The first-order chi connectivity index (χ1) is 7.22. The summed E-state index contributed by atoms with van der Waals surface area (Å²) in [5, 5.41) is 2.71. The minimum absolute atomic E-state index is 0.625. The Morgan fingerprint density at radius 1 is 1.33 bits per heavy atom. The van der Waals surface area contributed by atoms with Crippen LogP contribution < -0.4 is 10.5 Å². The second-order valence-corrected chi connectivity index (χ2v) is 4.38. The van der Waals surface area contributed by atoms with Gasteiger partial charge in [-0.1, -0.05) is 11.6 Å². The standard InChI is InChI=1S/C11H10ClNOS/c1-14-10-3-2-7(6-9(10)13)11-8(12)4-5-15-11/h2-6H,13H2,1H3. The molecule has 2 nitrogen and oxygen atoms in total. The van der Waals surface area contributed by atoms with Crippen molar-refractivity contribution < 1.29 is 4.74 Å². The number of ether oxygens (including phenoxy) is 1. The molecule has 78 valence electrons. The van der Waals surface area contributed by atoms with Crippen LogP contribution in [0, 0.1) is 0 Å². The molecule has 0 atom stereocenters. The topological polar surface area (TPSA) is 35.2 Å². The van der Waals surface area contributed by atoms with Gasteiger partial charge in [-0.2, -0.15) is 0 Å². The van der Waals surface area contributed by atoms with Gasteiger partial charge in [0, 0.05) is 0 Å². The lowest BCUT2D eigenvalue weighted by Gasteiger charge is -2.06. The van der Waals surface area contributed by atoms with Crippen molar-refractivity contribution in [3.8, 4) is 16.2 Å². The molecule has 1 heterocycles. The summed E-state index contributed by atoms with van der Waals surface area (Å²) in [4.78, 5) is 1.03. The number of hydrogen-bond acceptors (Lipinski definition) is 3. The number of thiophene rings is 1. The van der Waals surface area contributed by atoms with Gasteiger partial charge in [0.1, 0.15) is 5.75 Å². The Morgan fingerprint density at radius 2 is 2.13 bits per heavy atom. The molecular formula is C11H10ClNOS. The number of anilines is 1. The molecular weight excluding hydrogens is 230 g/mol. The highest BCUT2D eigenvalue weighted by atomic mass is 35.5. The first-order valence-corrected chi connectivity index (χ1v) is 5.65. The van der Waals surface area contributed by atoms with Crippen molar-refractivity contribution in [1.29, 1.82) is 0 Å². The van der Waals surface area contributed by atoms with Crippen molar-refractivity contribution in [2.75, 3.05) is 12.8 Å². The number of benzene rings is 1. The largest absolute Gasteiger partial charge is 0.495 e. The zero-order chi connectivity index (χ0) is 10.8. The van der Waals surface area contributed by atoms with Crippen molar-refractivity contribution in [3.63, 3.8) is 0 Å².